The Morgan fingerprint density at radius 1 is 1.35 bits per heavy atom. The molecule has 0 spiro atoms. The Morgan fingerprint density at radius 2 is 2.06 bits per heavy atom. The quantitative estimate of drug-likeness (QED) is 0.642. The SMILES string of the molecule is CCCCN(N)Cc1ccc(C(F)(F)F)cn1. The number of hydrogen-bond donors (Lipinski definition) is 1. The molecule has 0 saturated carbocycles. The fraction of sp³-hybridized carbons (Fsp3) is 0.545. The molecular weight excluding hydrogens is 231 g/mol. The van der Waals surface area contributed by atoms with Crippen molar-refractivity contribution in [2.45, 2.75) is 32.5 Å². The third kappa shape index (κ3) is 4.70. The van der Waals surface area contributed by atoms with Crippen molar-refractivity contribution >= 4 is 0 Å². The summed E-state index contributed by atoms with van der Waals surface area (Å²) in [4.78, 5) is 3.75. The molecule has 0 radical (unpaired) electrons. The third-order valence-electron chi connectivity index (χ3n) is 2.32. The minimum Gasteiger partial charge on any atom is -0.268 e. The number of pyridine rings is 1. The zero-order valence-corrected chi connectivity index (χ0v) is 9.67. The molecule has 0 saturated heterocycles. The molecule has 96 valence electrons. The molecule has 1 aromatic heterocycles. The largest absolute Gasteiger partial charge is 0.417 e. The molecule has 0 aliphatic heterocycles. The normalized spacial score (nSPS) is 12.1. The first-order valence-corrected chi connectivity index (χ1v) is 5.45. The van der Waals surface area contributed by atoms with Gasteiger partial charge < -0.3 is 0 Å². The van der Waals surface area contributed by atoms with Crippen LogP contribution in [0.5, 0.6) is 0 Å². The van der Waals surface area contributed by atoms with Crippen molar-refractivity contribution in [2.24, 2.45) is 5.84 Å². The highest BCUT2D eigenvalue weighted by atomic mass is 19.4. The van der Waals surface area contributed by atoms with Crippen molar-refractivity contribution < 1.29 is 13.2 Å². The van der Waals surface area contributed by atoms with Crippen molar-refractivity contribution in [1.82, 2.24) is 9.99 Å². The lowest BCUT2D eigenvalue weighted by Gasteiger charge is -2.15. The Labute approximate surface area is 98.4 Å². The molecule has 1 aromatic rings. The fourth-order valence-corrected chi connectivity index (χ4v) is 1.33. The zero-order chi connectivity index (χ0) is 12.9. The van der Waals surface area contributed by atoms with Gasteiger partial charge in [-0.1, -0.05) is 13.3 Å². The van der Waals surface area contributed by atoms with Crippen LogP contribution in [0.4, 0.5) is 13.2 Å². The smallest absolute Gasteiger partial charge is 0.268 e. The van der Waals surface area contributed by atoms with Crippen LogP contribution in [0.3, 0.4) is 0 Å². The molecule has 17 heavy (non-hydrogen) atoms. The Balaban J connectivity index is 2.56. The molecule has 1 rings (SSSR count). The molecule has 0 aromatic carbocycles. The molecule has 1 heterocycles. The molecule has 3 nitrogen and oxygen atoms in total. The maximum absolute atomic E-state index is 12.3. The van der Waals surface area contributed by atoms with Gasteiger partial charge in [-0.3, -0.25) is 10.8 Å². The summed E-state index contributed by atoms with van der Waals surface area (Å²) in [6.07, 6.45) is -1.52. The summed E-state index contributed by atoms with van der Waals surface area (Å²) < 4.78 is 36.8. The molecule has 0 aliphatic rings. The summed E-state index contributed by atoms with van der Waals surface area (Å²) in [6.45, 7) is 3.11. The first kappa shape index (κ1) is 13.9. The monoisotopic (exact) mass is 247 g/mol. The van der Waals surface area contributed by atoms with Gasteiger partial charge in [-0.15, -0.1) is 0 Å². The van der Waals surface area contributed by atoms with E-state index >= 15 is 0 Å². The zero-order valence-electron chi connectivity index (χ0n) is 9.67. The molecule has 2 N–H and O–H groups in total. The van der Waals surface area contributed by atoms with Gasteiger partial charge in [0.15, 0.2) is 0 Å². The van der Waals surface area contributed by atoms with Gasteiger partial charge in [0.2, 0.25) is 0 Å². The molecule has 0 atom stereocenters. The van der Waals surface area contributed by atoms with Gasteiger partial charge in [-0.2, -0.15) is 13.2 Å². The standard InChI is InChI=1S/C11H16F3N3/c1-2-3-6-17(15)8-10-5-4-9(7-16-10)11(12,13)14/h4-5,7H,2-3,6,8,15H2,1H3. The van der Waals surface area contributed by atoms with Crippen LogP contribution in [-0.2, 0) is 12.7 Å². The lowest BCUT2D eigenvalue weighted by Crippen LogP contribution is -2.31. The van der Waals surface area contributed by atoms with Gasteiger partial charge >= 0.3 is 6.18 Å². The van der Waals surface area contributed by atoms with Crippen molar-refractivity contribution in [3.8, 4) is 0 Å². The highest BCUT2D eigenvalue weighted by molar-refractivity contribution is 5.16. The lowest BCUT2D eigenvalue weighted by molar-refractivity contribution is -0.137. The number of nitrogens with two attached hydrogens (primary N) is 1. The second kappa shape index (κ2) is 5.97. The van der Waals surface area contributed by atoms with Crippen LogP contribution < -0.4 is 5.84 Å². The van der Waals surface area contributed by atoms with Gasteiger partial charge in [0.05, 0.1) is 17.8 Å². The van der Waals surface area contributed by atoms with Crippen LogP contribution in [0.15, 0.2) is 18.3 Å². The number of unbranched alkanes of at least 4 members (excludes halogenated alkanes) is 1. The van der Waals surface area contributed by atoms with Crippen LogP contribution >= 0.6 is 0 Å². The van der Waals surface area contributed by atoms with Crippen molar-refractivity contribution in [3.05, 3.63) is 29.6 Å². The summed E-state index contributed by atoms with van der Waals surface area (Å²) in [7, 11) is 0. The summed E-state index contributed by atoms with van der Waals surface area (Å²) in [6, 6.07) is 2.38. The van der Waals surface area contributed by atoms with E-state index in [4.69, 9.17) is 5.84 Å². The maximum atomic E-state index is 12.3. The van der Waals surface area contributed by atoms with Gasteiger partial charge in [0.1, 0.15) is 0 Å². The van der Waals surface area contributed by atoms with E-state index < -0.39 is 11.7 Å². The number of alkyl halides is 3. The number of nitrogens with zero attached hydrogens (tertiary/aromatic N) is 2. The van der Waals surface area contributed by atoms with Gasteiger partial charge in [0.25, 0.3) is 0 Å². The average Bonchev–Trinajstić information content (AvgIpc) is 2.26. The Bertz CT molecular complexity index is 335. The van der Waals surface area contributed by atoms with E-state index in [0.717, 1.165) is 25.1 Å². The predicted octanol–water partition coefficient (Wildman–Crippen LogP) is 2.58. The fourth-order valence-electron chi connectivity index (χ4n) is 1.33. The second-order valence-corrected chi connectivity index (χ2v) is 3.86. The third-order valence-corrected chi connectivity index (χ3v) is 2.32. The van der Waals surface area contributed by atoms with E-state index in [1.54, 1.807) is 5.01 Å². The summed E-state index contributed by atoms with van der Waals surface area (Å²) >= 11 is 0. The average molecular weight is 247 g/mol. The summed E-state index contributed by atoms with van der Waals surface area (Å²) in [5, 5.41) is 1.55. The summed E-state index contributed by atoms with van der Waals surface area (Å²) in [5.74, 6) is 5.69. The maximum Gasteiger partial charge on any atom is 0.417 e. The first-order valence-electron chi connectivity index (χ1n) is 5.45. The van der Waals surface area contributed by atoms with E-state index in [0.29, 0.717) is 18.8 Å². The van der Waals surface area contributed by atoms with Crippen LogP contribution in [0.2, 0.25) is 0 Å². The molecule has 0 bridgehead atoms. The van der Waals surface area contributed by atoms with Gasteiger partial charge in [-0.25, -0.2) is 5.01 Å². The van der Waals surface area contributed by atoms with Crippen molar-refractivity contribution in [3.63, 3.8) is 0 Å². The Hall–Kier alpha value is -1.14. The van der Waals surface area contributed by atoms with Gasteiger partial charge in [-0.05, 0) is 18.6 Å². The van der Waals surface area contributed by atoms with E-state index in [9.17, 15) is 13.2 Å². The predicted molar refractivity (Wildman–Crippen MR) is 58.7 cm³/mol. The summed E-state index contributed by atoms with van der Waals surface area (Å²) in [5.41, 5.74) is -0.199. The van der Waals surface area contributed by atoms with Crippen molar-refractivity contribution in [2.75, 3.05) is 6.54 Å². The van der Waals surface area contributed by atoms with Crippen LogP contribution in [-0.4, -0.2) is 16.5 Å². The minimum absolute atomic E-state index is 0.359. The number of hydrazine groups is 1. The van der Waals surface area contributed by atoms with Crippen LogP contribution in [0.25, 0.3) is 0 Å². The Kier molecular flexibility index (Phi) is 4.89. The number of halogens is 3. The molecule has 0 fully saturated rings. The second-order valence-electron chi connectivity index (χ2n) is 3.86. The van der Waals surface area contributed by atoms with Gasteiger partial charge in [0, 0.05) is 12.7 Å². The molecular formula is C11H16F3N3. The minimum atomic E-state index is -4.34. The van der Waals surface area contributed by atoms with E-state index in [-0.39, 0.29) is 0 Å². The van der Waals surface area contributed by atoms with Crippen LogP contribution in [0.1, 0.15) is 31.0 Å². The molecule has 0 aliphatic carbocycles. The highest BCUT2D eigenvalue weighted by Crippen LogP contribution is 2.28. The molecule has 0 unspecified atom stereocenters. The molecule has 6 heteroatoms. The first-order chi connectivity index (χ1) is 7.93. The van der Waals surface area contributed by atoms with E-state index in [1.165, 1.54) is 6.07 Å². The number of hydrogen-bond acceptors (Lipinski definition) is 3. The molecule has 0 amide bonds. The van der Waals surface area contributed by atoms with Crippen LogP contribution in [0, 0.1) is 0 Å². The number of aromatic nitrogens is 1. The highest BCUT2D eigenvalue weighted by Gasteiger charge is 2.30. The van der Waals surface area contributed by atoms with E-state index in [2.05, 4.69) is 4.98 Å². The van der Waals surface area contributed by atoms with Crippen molar-refractivity contribution in [1.29, 1.82) is 0 Å². The lowest BCUT2D eigenvalue weighted by atomic mass is 10.2. The van der Waals surface area contributed by atoms with E-state index in [1.807, 2.05) is 6.92 Å². The number of rotatable bonds is 5. The topological polar surface area (TPSA) is 42.1 Å². The Morgan fingerprint density at radius 3 is 2.53 bits per heavy atom.